The summed E-state index contributed by atoms with van der Waals surface area (Å²) in [5.74, 6) is 0.999. The first-order valence-electron chi connectivity index (χ1n) is 9.92. The molecule has 7 nitrogen and oxygen atoms in total. The Morgan fingerprint density at radius 2 is 1.70 bits per heavy atom. The fourth-order valence-corrected chi connectivity index (χ4v) is 3.48. The third-order valence-electron chi connectivity index (χ3n) is 4.92. The number of carbonyl (C=O) groups is 1. The summed E-state index contributed by atoms with van der Waals surface area (Å²) in [7, 11) is 3.06. The van der Waals surface area contributed by atoms with E-state index in [0.29, 0.717) is 38.7 Å². The van der Waals surface area contributed by atoms with Crippen LogP contribution in [0.3, 0.4) is 0 Å². The molecule has 0 bridgehead atoms. The first-order valence-corrected chi connectivity index (χ1v) is 10.7. The van der Waals surface area contributed by atoms with Crippen LogP contribution in [0, 0.1) is 6.92 Å². The number of nitrogens with zero attached hydrogens (tertiary/aromatic N) is 3. The molecule has 0 saturated carbocycles. The fourth-order valence-electron chi connectivity index (χ4n) is 3.18. The molecule has 0 saturated heterocycles. The summed E-state index contributed by atoms with van der Waals surface area (Å²) < 4.78 is 12.1. The number of ether oxygens (including phenoxy) is 2. The van der Waals surface area contributed by atoms with Crippen LogP contribution in [0.2, 0.25) is 10.0 Å². The van der Waals surface area contributed by atoms with E-state index in [2.05, 4.69) is 15.4 Å². The van der Waals surface area contributed by atoms with E-state index in [1.54, 1.807) is 48.2 Å². The van der Waals surface area contributed by atoms with Gasteiger partial charge in [0.2, 0.25) is 5.82 Å². The molecule has 4 rings (SSSR count). The fraction of sp³-hybridized carbons (Fsp3) is 0.125. The lowest BCUT2D eigenvalue weighted by Gasteiger charge is -2.10. The molecule has 1 aromatic heterocycles. The highest BCUT2D eigenvalue weighted by molar-refractivity contribution is 6.42. The third kappa shape index (κ3) is 4.79. The molecule has 33 heavy (non-hydrogen) atoms. The van der Waals surface area contributed by atoms with Gasteiger partial charge in [-0.15, -0.1) is 5.10 Å². The Balaban J connectivity index is 1.77. The summed E-state index contributed by atoms with van der Waals surface area (Å²) >= 11 is 12.3. The summed E-state index contributed by atoms with van der Waals surface area (Å²) in [4.78, 5) is 17.6. The Bertz CT molecular complexity index is 1320. The highest BCUT2D eigenvalue weighted by atomic mass is 35.5. The predicted molar refractivity (Wildman–Crippen MR) is 129 cm³/mol. The number of rotatable bonds is 6. The second-order valence-corrected chi connectivity index (χ2v) is 7.97. The number of aryl methyl sites for hydroxylation is 1. The van der Waals surface area contributed by atoms with Gasteiger partial charge >= 0.3 is 0 Å². The van der Waals surface area contributed by atoms with E-state index in [4.69, 9.17) is 32.7 Å². The smallest absolute Gasteiger partial charge is 0.295 e. The van der Waals surface area contributed by atoms with Gasteiger partial charge < -0.3 is 14.8 Å². The van der Waals surface area contributed by atoms with Crippen molar-refractivity contribution in [2.24, 2.45) is 0 Å². The van der Waals surface area contributed by atoms with Gasteiger partial charge in [0, 0.05) is 11.6 Å². The minimum absolute atomic E-state index is 0.0264. The van der Waals surface area contributed by atoms with Crippen LogP contribution in [0.1, 0.15) is 16.2 Å². The van der Waals surface area contributed by atoms with E-state index in [0.717, 1.165) is 11.1 Å². The molecule has 0 radical (unpaired) electrons. The number of anilines is 1. The van der Waals surface area contributed by atoms with Crippen molar-refractivity contribution in [1.82, 2.24) is 14.8 Å². The zero-order valence-corrected chi connectivity index (χ0v) is 19.6. The number of hydrogen-bond acceptors (Lipinski definition) is 5. The summed E-state index contributed by atoms with van der Waals surface area (Å²) in [5.41, 5.74) is 2.94. The minimum Gasteiger partial charge on any atom is -0.497 e. The van der Waals surface area contributed by atoms with E-state index in [1.165, 1.54) is 7.11 Å². The van der Waals surface area contributed by atoms with Crippen LogP contribution in [-0.4, -0.2) is 34.9 Å². The molecule has 168 valence electrons. The Hall–Kier alpha value is -3.55. The number of carbonyl (C=O) groups excluding carboxylic acids is 1. The molecule has 0 atom stereocenters. The van der Waals surface area contributed by atoms with Gasteiger partial charge in [-0.1, -0.05) is 53.0 Å². The van der Waals surface area contributed by atoms with Crippen LogP contribution in [0.25, 0.3) is 17.1 Å². The molecule has 1 heterocycles. The highest BCUT2D eigenvalue weighted by Crippen LogP contribution is 2.30. The lowest BCUT2D eigenvalue weighted by atomic mass is 10.1. The Morgan fingerprint density at radius 1 is 0.939 bits per heavy atom. The summed E-state index contributed by atoms with van der Waals surface area (Å²) in [5, 5.41) is 8.04. The van der Waals surface area contributed by atoms with Gasteiger partial charge in [0.25, 0.3) is 5.91 Å². The van der Waals surface area contributed by atoms with Crippen molar-refractivity contribution in [2.75, 3.05) is 19.5 Å². The first kappa shape index (κ1) is 22.6. The molecule has 3 aromatic carbocycles. The number of benzene rings is 3. The molecule has 0 spiro atoms. The zero-order chi connectivity index (χ0) is 23.5. The molecule has 0 fully saturated rings. The average molecular weight is 483 g/mol. The maximum Gasteiger partial charge on any atom is 0.295 e. The van der Waals surface area contributed by atoms with Gasteiger partial charge in [0.15, 0.2) is 5.82 Å². The van der Waals surface area contributed by atoms with Crippen LogP contribution in [0.4, 0.5) is 5.69 Å². The molecule has 1 amide bonds. The van der Waals surface area contributed by atoms with Crippen molar-refractivity contribution in [3.8, 4) is 28.6 Å². The monoisotopic (exact) mass is 482 g/mol. The number of nitrogens with one attached hydrogen (secondary N) is 1. The van der Waals surface area contributed by atoms with Gasteiger partial charge in [0.05, 0.1) is 35.6 Å². The predicted octanol–water partition coefficient (Wildman–Crippen LogP) is 5.82. The molecule has 9 heteroatoms. The Labute approximate surface area is 200 Å². The van der Waals surface area contributed by atoms with Crippen LogP contribution >= 0.6 is 23.2 Å². The van der Waals surface area contributed by atoms with Crippen molar-refractivity contribution in [3.63, 3.8) is 0 Å². The molecular weight excluding hydrogens is 463 g/mol. The lowest BCUT2D eigenvalue weighted by Crippen LogP contribution is -2.15. The highest BCUT2D eigenvalue weighted by Gasteiger charge is 2.21. The largest absolute Gasteiger partial charge is 0.497 e. The number of halogens is 2. The molecule has 0 aliphatic rings. The van der Waals surface area contributed by atoms with Gasteiger partial charge in [-0.25, -0.2) is 9.67 Å². The van der Waals surface area contributed by atoms with E-state index in [9.17, 15) is 4.79 Å². The molecule has 0 unspecified atom stereocenters. The Morgan fingerprint density at radius 3 is 2.36 bits per heavy atom. The number of aromatic nitrogens is 3. The molecular formula is C24H20Cl2N4O3. The average Bonchev–Trinajstić information content (AvgIpc) is 3.27. The van der Waals surface area contributed by atoms with Crippen molar-refractivity contribution >= 4 is 34.8 Å². The first-order chi connectivity index (χ1) is 15.9. The SMILES string of the molecule is COc1ccc(OC)c(NC(=O)c2nc(-c3ccc(C)cc3)n(-c3ccc(Cl)c(Cl)c3)n2)c1. The van der Waals surface area contributed by atoms with Crippen LogP contribution in [-0.2, 0) is 0 Å². The van der Waals surface area contributed by atoms with E-state index < -0.39 is 5.91 Å². The maximum absolute atomic E-state index is 13.1. The quantitative estimate of drug-likeness (QED) is 0.374. The van der Waals surface area contributed by atoms with Crippen LogP contribution < -0.4 is 14.8 Å². The minimum atomic E-state index is -0.506. The van der Waals surface area contributed by atoms with Crippen LogP contribution in [0.5, 0.6) is 11.5 Å². The van der Waals surface area contributed by atoms with Gasteiger partial charge in [-0.05, 0) is 37.3 Å². The molecule has 4 aromatic rings. The molecule has 0 aliphatic heterocycles. The topological polar surface area (TPSA) is 78.3 Å². The number of amides is 1. The van der Waals surface area contributed by atoms with Crippen molar-refractivity contribution in [3.05, 3.63) is 82.1 Å². The van der Waals surface area contributed by atoms with Crippen molar-refractivity contribution < 1.29 is 14.3 Å². The van der Waals surface area contributed by atoms with E-state index in [1.807, 2.05) is 31.2 Å². The standard InChI is InChI=1S/C24H20Cl2N4O3/c1-14-4-6-15(7-5-14)23-28-22(29-30(23)16-8-10-18(25)19(26)12-16)24(31)27-20-13-17(32-2)9-11-21(20)33-3/h4-13H,1-3H3,(H,27,31). The van der Waals surface area contributed by atoms with Gasteiger partial charge in [-0.2, -0.15) is 0 Å². The second kappa shape index (κ2) is 9.52. The maximum atomic E-state index is 13.1. The van der Waals surface area contributed by atoms with Crippen LogP contribution in [0.15, 0.2) is 60.7 Å². The number of methoxy groups -OCH3 is 2. The van der Waals surface area contributed by atoms with Crippen molar-refractivity contribution in [1.29, 1.82) is 0 Å². The molecule has 1 N–H and O–H groups in total. The normalized spacial score (nSPS) is 10.7. The zero-order valence-electron chi connectivity index (χ0n) is 18.1. The molecule has 0 aliphatic carbocycles. The van der Waals surface area contributed by atoms with Gasteiger partial charge in [0.1, 0.15) is 11.5 Å². The summed E-state index contributed by atoms with van der Waals surface area (Å²) in [6.07, 6.45) is 0. The summed E-state index contributed by atoms with van der Waals surface area (Å²) in [6.45, 7) is 1.99. The summed E-state index contributed by atoms with van der Waals surface area (Å²) in [6, 6.07) is 18.0. The van der Waals surface area contributed by atoms with E-state index in [-0.39, 0.29) is 5.82 Å². The Kier molecular flexibility index (Phi) is 6.53. The second-order valence-electron chi connectivity index (χ2n) is 7.16. The number of hydrogen-bond donors (Lipinski definition) is 1. The van der Waals surface area contributed by atoms with Crippen molar-refractivity contribution in [2.45, 2.75) is 6.92 Å². The third-order valence-corrected chi connectivity index (χ3v) is 5.66. The van der Waals surface area contributed by atoms with Gasteiger partial charge in [-0.3, -0.25) is 4.79 Å². The lowest BCUT2D eigenvalue weighted by molar-refractivity contribution is 0.101. The van der Waals surface area contributed by atoms with E-state index >= 15 is 0 Å².